The molecule has 0 fully saturated rings. The predicted molar refractivity (Wildman–Crippen MR) is 95.3 cm³/mol. The van der Waals surface area contributed by atoms with Crippen LogP contribution in [-0.2, 0) is 25.3 Å². The fraction of sp³-hybridized carbons (Fsp3) is 0.263. The van der Waals surface area contributed by atoms with Crippen LogP contribution in [0, 0.1) is 0 Å². The zero-order valence-electron chi connectivity index (χ0n) is 15.2. The van der Waals surface area contributed by atoms with Crippen LogP contribution in [0.1, 0.15) is 22.5 Å². The highest BCUT2D eigenvalue weighted by Crippen LogP contribution is 2.43. The minimum Gasteiger partial charge on any atom is -0.398 e. The molecule has 11 heteroatoms. The molecule has 0 aliphatic carbocycles. The number of nitrogens with two attached hydrogens (primary N) is 1. The highest BCUT2D eigenvalue weighted by atomic mass is 19.4. The van der Waals surface area contributed by atoms with Gasteiger partial charge in [-0.15, -0.1) is 0 Å². The lowest BCUT2D eigenvalue weighted by Gasteiger charge is -2.19. The number of nitrogen functional groups attached to an aromatic ring is 1. The molecule has 4 rings (SSSR count). The first-order valence-electron chi connectivity index (χ1n) is 8.78. The van der Waals surface area contributed by atoms with Crippen molar-refractivity contribution < 1.29 is 30.9 Å². The SMILES string of the molecule is Nc1ccc2c(c1C(F)(F)F)CCN2Cc1noc(-c2cccc(C(F)(F)F)c2)n1. The smallest absolute Gasteiger partial charge is 0.398 e. The summed E-state index contributed by atoms with van der Waals surface area (Å²) < 4.78 is 83.7. The van der Waals surface area contributed by atoms with E-state index in [0.29, 0.717) is 5.69 Å². The first-order valence-corrected chi connectivity index (χ1v) is 8.78. The Hall–Kier alpha value is -3.24. The topological polar surface area (TPSA) is 68.2 Å². The van der Waals surface area contributed by atoms with Gasteiger partial charge in [0.1, 0.15) is 0 Å². The van der Waals surface area contributed by atoms with E-state index in [1.165, 1.54) is 24.3 Å². The monoisotopic (exact) mass is 428 g/mol. The Morgan fingerprint density at radius 2 is 1.80 bits per heavy atom. The number of anilines is 2. The van der Waals surface area contributed by atoms with Gasteiger partial charge >= 0.3 is 12.4 Å². The molecule has 0 saturated carbocycles. The summed E-state index contributed by atoms with van der Waals surface area (Å²) in [5.41, 5.74) is 4.05. The average molecular weight is 428 g/mol. The maximum absolute atomic E-state index is 13.3. The van der Waals surface area contributed by atoms with Gasteiger partial charge in [-0.3, -0.25) is 0 Å². The van der Waals surface area contributed by atoms with E-state index in [1.807, 2.05) is 0 Å². The lowest BCUT2D eigenvalue weighted by atomic mass is 10.0. The summed E-state index contributed by atoms with van der Waals surface area (Å²) in [7, 11) is 0. The Morgan fingerprint density at radius 3 is 2.50 bits per heavy atom. The first-order chi connectivity index (χ1) is 14.0. The molecule has 0 radical (unpaired) electrons. The molecule has 2 heterocycles. The third kappa shape index (κ3) is 3.66. The van der Waals surface area contributed by atoms with E-state index < -0.39 is 23.5 Å². The molecule has 158 valence electrons. The zero-order chi connectivity index (χ0) is 21.7. The molecule has 30 heavy (non-hydrogen) atoms. The third-order valence-corrected chi connectivity index (χ3v) is 4.81. The maximum atomic E-state index is 13.3. The number of halogens is 6. The summed E-state index contributed by atoms with van der Waals surface area (Å²) in [5, 5.41) is 3.75. The lowest BCUT2D eigenvalue weighted by molar-refractivity contribution is -0.138. The summed E-state index contributed by atoms with van der Waals surface area (Å²) >= 11 is 0. The van der Waals surface area contributed by atoms with E-state index in [2.05, 4.69) is 10.1 Å². The van der Waals surface area contributed by atoms with Crippen molar-refractivity contribution in [3.8, 4) is 11.5 Å². The molecule has 1 aliphatic rings. The molecule has 2 N–H and O–H groups in total. The predicted octanol–water partition coefficient (Wildman–Crippen LogP) is 4.92. The van der Waals surface area contributed by atoms with E-state index in [9.17, 15) is 26.3 Å². The molecular weight excluding hydrogens is 414 g/mol. The summed E-state index contributed by atoms with van der Waals surface area (Å²) in [6.45, 7) is 0.325. The number of aromatic nitrogens is 2. The Morgan fingerprint density at radius 1 is 1.03 bits per heavy atom. The molecule has 1 aliphatic heterocycles. The number of hydrogen-bond acceptors (Lipinski definition) is 5. The van der Waals surface area contributed by atoms with Crippen molar-refractivity contribution in [1.82, 2.24) is 10.1 Å². The van der Waals surface area contributed by atoms with Gasteiger partial charge in [-0.05, 0) is 42.3 Å². The molecule has 2 aromatic carbocycles. The highest BCUT2D eigenvalue weighted by Gasteiger charge is 2.39. The molecular formula is C19H14F6N4O. The number of nitrogens with zero attached hydrogens (tertiary/aromatic N) is 3. The van der Waals surface area contributed by atoms with Crippen LogP contribution in [0.15, 0.2) is 40.9 Å². The zero-order valence-corrected chi connectivity index (χ0v) is 15.2. The highest BCUT2D eigenvalue weighted by molar-refractivity contribution is 5.68. The van der Waals surface area contributed by atoms with E-state index in [1.54, 1.807) is 4.90 Å². The largest absolute Gasteiger partial charge is 0.418 e. The van der Waals surface area contributed by atoms with Gasteiger partial charge in [0.25, 0.3) is 5.89 Å². The van der Waals surface area contributed by atoms with Crippen molar-refractivity contribution in [2.45, 2.75) is 25.3 Å². The summed E-state index contributed by atoms with van der Waals surface area (Å²) in [6, 6.07) is 7.13. The number of hydrogen-bond donors (Lipinski definition) is 1. The van der Waals surface area contributed by atoms with Gasteiger partial charge in [0, 0.05) is 23.5 Å². The number of rotatable bonds is 3. The van der Waals surface area contributed by atoms with Gasteiger partial charge in [0.2, 0.25) is 0 Å². The van der Waals surface area contributed by atoms with Gasteiger partial charge in [0.15, 0.2) is 5.82 Å². The molecule has 0 amide bonds. The van der Waals surface area contributed by atoms with Crippen LogP contribution >= 0.6 is 0 Å². The van der Waals surface area contributed by atoms with Crippen LogP contribution in [0.2, 0.25) is 0 Å². The van der Waals surface area contributed by atoms with Gasteiger partial charge in [-0.1, -0.05) is 11.2 Å². The van der Waals surface area contributed by atoms with E-state index >= 15 is 0 Å². The summed E-state index contributed by atoms with van der Waals surface area (Å²) in [5.74, 6) is 0.0319. The molecule has 0 spiro atoms. The van der Waals surface area contributed by atoms with Crippen molar-refractivity contribution in [2.75, 3.05) is 17.2 Å². The second kappa shape index (κ2) is 6.92. The Kier molecular flexibility index (Phi) is 4.63. The number of benzene rings is 2. The molecule has 0 atom stereocenters. The van der Waals surface area contributed by atoms with Crippen LogP contribution in [-0.4, -0.2) is 16.7 Å². The van der Waals surface area contributed by atoms with Crippen LogP contribution in [0.3, 0.4) is 0 Å². The standard InChI is InChI=1S/C19H14F6N4O/c20-18(21,22)11-3-1-2-10(8-11)17-27-15(28-30-17)9-29-7-6-12-14(29)5-4-13(26)16(12)19(23,24)25/h1-5,8H,6-7,9,26H2. The maximum Gasteiger partial charge on any atom is 0.418 e. The molecule has 0 unspecified atom stereocenters. The average Bonchev–Trinajstić information content (AvgIpc) is 3.28. The van der Waals surface area contributed by atoms with Crippen molar-refractivity contribution in [3.63, 3.8) is 0 Å². The summed E-state index contributed by atoms with van der Waals surface area (Å²) in [6.07, 6.45) is -8.95. The van der Waals surface area contributed by atoms with Crippen molar-refractivity contribution in [2.24, 2.45) is 0 Å². The van der Waals surface area contributed by atoms with Gasteiger partial charge in [-0.2, -0.15) is 31.3 Å². The molecule has 0 bridgehead atoms. The Balaban J connectivity index is 1.59. The van der Waals surface area contributed by atoms with Crippen LogP contribution < -0.4 is 10.6 Å². The third-order valence-electron chi connectivity index (χ3n) is 4.81. The molecule has 1 aromatic heterocycles. The molecule has 5 nitrogen and oxygen atoms in total. The van der Waals surface area contributed by atoms with Crippen molar-refractivity contribution in [3.05, 3.63) is 58.9 Å². The van der Waals surface area contributed by atoms with Gasteiger partial charge < -0.3 is 15.2 Å². The second-order valence-electron chi connectivity index (χ2n) is 6.79. The van der Waals surface area contributed by atoms with Gasteiger partial charge in [-0.25, -0.2) is 0 Å². The molecule has 0 saturated heterocycles. The minimum atomic E-state index is -4.58. The van der Waals surface area contributed by atoms with Crippen LogP contribution in [0.25, 0.3) is 11.5 Å². The Bertz CT molecular complexity index is 1090. The quantitative estimate of drug-likeness (QED) is 0.474. The normalized spacial score (nSPS) is 14.3. The first kappa shape index (κ1) is 20.0. The van der Waals surface area contributed by atoms with E-state index in [4.69, 9.17) is 10.3 Å². The molecule has 3 aromatic rings. The van der Waals surface area contributed by atoms with Crippen molar-refractivity contribution in [1.29, 1.82) is 0 Å². The lowest BCUT2D eigenvalue weighted by Crippen LogP contribution is -2.20. The van der Waals surface area contributed by atoms with Crippen molar-refractivity contribution >= 4 is 11.4 Å². The van der Waals surface area contributed by atoms with E-state index in [0.717, 1.165) is 12.1 Å². The number of alkyl halides is 6. The van der Waals surface area contributed by atoms with E-state index in [-0.39, 0.29) is 48.0 Å². The van der Waals surface area contributed by atoms with Crippen LogP contribution in [0.4, 0.5) is 37.7 Å². The minimum absolute atomic E-state index is 0.0384. The van der Waals surface area contributed by atoms with Gasteiger partial charge in [0.05, 0.1) is 17.7 Å². The van der Waals surface area contributed by atoms with Crippen LogP contribution in [0.5, 0.6) is 0 Å². The Labute approximate surface area is 166 Å². The summed E-state index contributed by atoms with van der Waals surface area (Å²) in [4.78, 5) is 5.74. The fourth-order valence-corrected chi connectivity index (χ4v) is 3.51. The fourth-order valence-electron chi connectivity index (χ4n) is 3.51. The second-order valence-corrected chi connectivity index (χ2v) is 6.79. The number of fused-ring (bicyclic) bond motifs is 1.